The van der Waals surface area contributed by atoms with E-state index in [2.05, 4.69) is 9.97 Å². The molecule has 0 bridgehead atoms. The first kappa shape index (κ1) is 12.8. The van der Waals surface area contributed by atoms with Crippen molar-refractivity contribution in [2.24, 2.45) is 0 Å². The average Bonchev–Trinajstić information content (AvgIpc) is 2.94. The van der Waals surface area contributed by atoms with Gasteiger partial charge in [0.25, 0.3) is 0 Å². The van der Waals surface area contributed by atoms with Crippen molar-refractivity contribution < 1.29 is 14.2 Å². The van der Waals surface area contributed by atoms with Crippen LogP contribution in [0.1, 0.15) is 5.82 Å². The molecule has 0 radical (unpaired) electrons. The molecule has 0 amide bonds. The number of rotatable bonds is 4. The van der Waals surface area contributed by atoms with Gasteiger partial charge in [-0.25, -0.2) is 4.98 Å². The first-order valence-corrected chi connectivity index (χ1v) is 5.49. The minimum Gasteiger partial charge on any atom is -0.493 e. The molecule has 6 nitrogen and oxygen atoms in total. The molecule has 1 heterocycles. The van der Waals surface area contributed by atoms with Crippen LogP contribution in [0.3, 0.4) is 0 Å². The Bertz CT molecular complexity index is 603. The topological polar surface area (TPSA) is 80.2 Å². The van der Waals surface area contributed by atoms with Gasteiger partial charge in [-0.2, -0.15) is 5.26 Å². The predicted molar refractivity (Wildman–Crippen MR) is 68.4 cm³/mol. The number of imidazole rings is 1. The molecule has 6 heteroatoms. The van der Waals surface area contributed by atoms with Gasteiger partial charge in [0.05, 0.1) is 33.2 Å². The fraction of sp³-hybridized carbons (Fsp3) is 0.231. The molecule has 0 saturated heterocycles. The van der Waals surface area contributed by atoms with Crippen molar-refractivity contribution in [3.63, 3.8) is 0 Å². The number of nitriles is 1. The Balaban J connectivity index is 2.55. The van der Waals surface area contributed by atoms with Gasteiger partial charge >= 0.3 is 0 Å². The van der Waals surface area contributed by atoms with Crippen LogP contribution in [0.15, 0.2) is 18.3 Å². The summed E-state index contributed by atoms with van der Waals surface area (Å²) in [6, 6.07) is 5.52. The molecule has 2 aromatic rings. The molecule has 0 atom stereocenters. The van der Waals surface area contributed by atoms with E-state index < -0.39 is 0 Å². The summed E-state index contributed by atoms with van der Waals surface area (Å²) in [4.78, 5) is 6.83. The van der Waals surface area contributed by atoms with Gasteiger partial charge in [-0.15, -0.1) is 0 Å². The number of hydrogen-bond acceptors (Lipinski definition) is 5. The number of H-pyrrole nitrogens is 1. The second kappa shape index (κ2) is 5.31. The molecule has 0 spiro atoms. The third-order valence-electron chi connectivity index (χ3n) is 2.66. The highest BCUT2D eigenvalue weighted by Crippen LogP contribution is 2.40. The minimum absolute atomic E-state index is 0.253. The van der Waals surface area contributed by atoms with E-state index in [0.717, 1.165) is 5.56 Å². The summed E-state index contributed by atoms with van der Waals surface area (Å²) in [5, 5.41) is 8.77. The molecule has 19 heavy (non-hydrogen) atoms. The lowest BCUT2D eigenvalue weighted by molar-refractivity contribution is 0.324. The standard InChI is InChI=1S/C13H13N3O3/c1-17-10-4-8(5-11(18-2)13(10)19-3)9-7-15-12(6-14)16-9/h4-5,7H,1-3H3,(H,15,16). The number of nitrogens with one attached hydrogen (secondary N) is 1. The Labute approximate surface area is 110 Å². The zero-order chi connectivity index (χ0) is 13.8. The van der Waals surface area contributed by atoms with E-state index in [1.54, 1.807) is 39.7 Å². The van der Waals surface area contributed by atoms with Crippen molar-refractivity contribution in [1.29, 1.82) is 5.26 Å². The lowest BCUT2D eigenvalue weighted by Crippen LogP contribution is -1.95. The van der Waals surface area contributed by atoms with Crippen molar-refractivity contribution in [3.05, 3.63) is 24.2 Å². The maximum Gasteiger partial charge on any atom is 0.210 e. The fourth-order valence-corrected chi connectivity index (χ4v) is 1.76. The van der Waals surface area contributed by atoms with E-state index >= 15 is 0 Å². The van der Waals surface area contributed by atoms with E-state index in [0.29, 0.717) is 22.9 Å². The van der Waals surface area contributed by atoms with Crippen LogP contribution in [0.2, 0.25) is 0 Å². The fourth-order valence-electron chi connectivity index (χ4n) is 1.76. The Morgan fingerprint density at radius 3 is 2.16 bits per heavy atom. The minimum atomic E-state index is 0.253. The number of nitrogens with zero attached hydrogens (tertiary/aromatic N) is 2. The second-order valence-corrected chi connectivity index (χ2v) is 3.67. The first-order valence-electron chi connectivity index (χ1n) is 5.49. The molecule has 1 aromatic carbocycles. The maximum absolute atomic E-state index is 8.77. The van der Waals surface area contributed by atoms with Gasteiger partial charge in [0.2, 0.25) is 11.6 Å². The van der Waals surface area contributed by atoms with Crippen LogP contribution in [0.25, 0.3) is 11.3 Å². The molecule has 0 fully saturated rings. The van der Waals surface area contributed by atoms with Crippen LogP contribution < -0.4 is 14.2 Å². The van der Waals surface area contributed by atoms with Crippen molar-refractivity contribution in [1.82, 2.24) is 9.97 Å². The van der Waals surface area contributed by atoms with E-state index in [9.17, 15) is 0 Å². The van der Waals surface area contributed by atoms with Crippen LogP contribution >= 0.6 is 0 Å². The van der Waals surface area contributed by atoms with Gasteiger partial charge < -0.3 is 19.2 Å². The number of hydrogen-bond donors (Lipinski definition) is 1. The van der Waals surface area contributed by atoms with Gasteiger partial charge in [-0.3, -0.25) is 0 Å². The van der Waals surface area contributed by atoms with E-state index in [-0.39, 0.29) is 5.82 Å². The number of methoxy groups -OCH3 is 3. The molecule has 98 valence electrons. The molecule has 0 aliphatic carbocycles. The Kier molecular flexibility index (Phi) is 3.57. The Morgan fingerprint density at radius 2 is 1.74 bits per heavy atom. The van der Waals surface area contributed by atoms with Gasteiger partial charge in [-0.1, -0.05) is 0 Å². The summed E-state index contributed by atoms with van der Waals surface area (Å²) in [7, 11) is 4.65. The van der Waals surface area contributed by atoms with Crippen molar-refractivity contribution in [2.45, 2.75) is 0 Å². The Morgan fingerprint density at radius 1 is 1.11 bits per heavy atom. The molecule has 0 aliphatic heterocycles. The van der Waals surface area contributed by atoms with E-state index in [1.165, 1.54) is 0 Å². The Hall–Kier alpha value is -2.68. The summed E-state index contributed by atoms with van der Waals surface area (Å²) >= 11 is 0. The molecule has 1 N–H and O–H groups in total. The maximum atomic E-state index is 8.77. The summed E-state index contributed by atoms with van der Waals surface area (Å²) in [6.07, 6.45) is 1.58. The van der Waals surface area contributed by atoms with Gasteiger partial charge in [0.1, 0.15) is 6.07 Å². The average molecular weight is 259 g/mol. The highest BCUT2D eigenvalue weighted by molar-refractivity contribution is 5.68. The normalized spacial score (nSPS) is 9.79. The monoisotopic (exact) mass is 259 g/mol. The number of benzene rings is 1. The third kappa shape index (κ3) is 2.31. The van der Waals surface area contributed by atoms with Crippen LogP contribution in [0.5, 0.6) is 17.2 Å². The van der Waals surface area contributed by atoms with Crippen LogP contribution in [-0.2, 0) is 0 Å². The van der Waals surface area contributed by atoms with E-state index in [4.69, 9.17) is 19.5 Å². The van der Waals surface area contributed by atoms with Crippen LogP contribution in [0, 0.1) is 11.3 Å². The molecule has 0 aliphatic rings. The molecule has 0 saturated carbocycles. The lowest BCUT2D eigenvalue weighted by Gasteiger charge is -2.13. The van der Waals surface area contributed by atoms with Crippen molar-refractivity contribution in [3.8, 4) is 34.6 Å². The van der Waals surface area contributed by atoms with Crippen LogP contribution in [-0.4, -0.2) is 31.3 Å². The quantitative estimate of drug-likeness (QED) is 0.908. The van der Waals surface area contributed by atoms with Gasteiger partial charge in [0.15, 0.2) is 11.5 Å². The smallest absolute Gasteiger partial charge is 0.210 e. The number of ether oxygens (including phenoxy) is 3. The molecular formula is C13H13N3O3. The summed E-state index contributed by atoms with van der Waals surface area (Å²) in [6.45, 7) is 0. The summed E-state index contributed by atoms with van der Waals surface area (Å²) in [5.41, 5.74) is 1.50. The number of aromatic nitrogens is 2. The molecule has 0 unspecified atom stereocenters. The predicted octanol–water partition coefficient (Wildman–Crippen LogP) is 1.97. The summed E-state index contributed by atoms with van der Waals surface area (Å²) < 4.78 is 15.8. The third-order valence-corrected chi connectivity index (χ3v) is 2.66. The highest BCUT2D eigenvalue weighted by Gasteiger charge is 2.15. The zero-order valence-electron chi connectivity index (χ0n) is 10.9. The molecular weight excluding hydrogens is 246 g/mol. The summed E-state index contributed by atoms with van der Waals surface area (Å²) in [5.74, 6) is 1.87. The largest absolute Gasteiger partial charge is 0.493 e. The van der Waals surface area contributed by atoms with Gasteiger partial charge in [-0.05, 0) is 12.1 Å². The van der Waals surface area contributed by atoms with Gasteiger partial charge in [0, 0.05) is 5.56 Å². The zero-order valence-corrected chi connectivity index (χ0v) is 10.9. The molecule has 2 rings (SSSR count). The number of aromatic amines is 1. The first-order chi connectivity index (χ1) is 9.23. The van der Waals surface area contributed by atoms with Crippen LogP contribution in [0.4, 0.5) is 0 Å². The SMILES string of the molecule is COc1cc(-c2cnc(C#N)[nH]2)cc(OC)c1OC. The molecule has 1 aromatic heterocycles. The van der Waals surface area contributed by atoms with Crippen molar-refractivity contribution >= 4 is 0 Å². The second-order valence-electron chi connectivity index (χ2n) is 3.67. The van der Waals surface area contributed by atoms with E-state index in [1.807, 2.05) is 6.07 Å². The lowest BCUT2D eigenvalue weighted by atomic mass is 10.1. The highest BCUT2D eigenvalue weighted by atomic mass is 16.5. The van der Waals surface area contributed by atoms with Crippen molar-refractivity contribution in [2.75, 3.05) is 21.3 Å².